The van der Waals surface area contributed by atoms with Gasteiger partial charge in [-0.3, -0.25) is 9.69 Å². The number of benzene rings is 1. The molecule has 2 rings (SSSR count). The van der Waals surface area contributed by atoms with Crippen LogP contribution >= 0.6 is 0 Å². The third-order valence-corrected chi connectivity index (χ3v) is 3.23. The van der Waals surface area contributed by atoms with Crippen LogP contribution in [0.2, 0.25) is 0 Å². The Kier molecular flexibility index (Phi) is 3.17. The molecule has 4 heteroatoms. The second-order valence-corrected chi connectivity index (χ2v) is 4.70. The smallest absolute Gasteiger partial charge is 0.246 e. The molecule has 4 nitrogen and oxygen atoms in total. The van der Waals surface area contributed by atoms with E-state index in [0.717, 1.165) is 16.8 Å². The third-order valence-electron chi connectivity index (χ3n) is 3.23. The van der Waals surface area contributed by atoms with Gasteiger partial charge in [0.25, 0.3) is 0 Å². The van der Waals surface area contributed by atoms with Crippen molar-refractivity contribution in [2.45, 2.75) is 19.9 Å². The molecule has 1 aromatic rings. The van der Waals surface area contributed by atoms with Crippen LogP contribution in [0.4, 0.5) is 5.69 Å². The van der Waals surface area contributed by atoms with E-state index in [1.165, 1.54) is 5.56 Å². The van der Waals surface area contributed by atoms with Crippen molar-refractivity contribution in [3.8, 4) is 0 Å². The number of aryl methyl sites for hydroxylation is 2. The molecule has 1 amide bonds. The first-order chi connectivity index (χ1) is 8.04. The second kappa shape index (κ2) is 4.47. The predicted octanol–water partition coefficient (Wildman–Crippen LogP) is 1.19. The molecule has 1 unspecified atom stereocenters. The number of nitrogens with two attached hydrogens (primary N) is 1. The van der Waals surface area contributed by atoms with Crippen molar-refractivity contribution in [2.75, 3.05) is 25.5 Å². The van der Waals surface area contributed by atoms with Gasteiger partial charge in [0.2, 0.25) is 5.91 Å². The van der Waals surface area contributed by atoms with E-state index in [0.29, 0.717) is 13.1 Å². The first kappa shape index (κ1) is 12.1. The van der Waals surface area contributed by atoms with Gasteiger partial charge in [0.05, 0.1) is 0 Å². The average molecular weight is 233 g/mol. The average Bonchev–Trinajstić information content (AvgIpc) is 2.54. The largest absolute Gasteiger partial charge is 0.329 e. The highest BCUT2D eigenvalue weighted by Crippen LogP contribution is 2.37. The van der Waals surface area contributed by atoms with Crippen LogP contribution in [0.3, 0.4) is 0 Å². The molecule has 1 atom stereocenters. The standard InChI is InChI=1S/C13H19N3O/c1-8-6-9(2)11-10(7-8)15-13(17)12(11)16(3)5-4-14/h6-7,12H,4-5,14H2,1-3H3,(H,15,17). The minimum absolute atomic E-state index is 0.0460. The molecule has 0 fully saturated rings. The Balaban J connectivity index is 2.43. The molecular formula is C13H19N3O. The van der Waals surface area contributed by atoms with Crippen LogP contribution in [0.25, 0.3) is 0 Å². The molecule has 92 valence electrons. The van der Waals surface area contributed by atoms with Crippen LogP contribution in [-0.2, 0) is 4.79 Å². The van der Waals surface area contributed by atoms with Crippen LogP contribution < -0.4 is 11.1 Å². The summed E-state index contributed by atoms with van der Waals surface area (Å²) in [6.45, 7) is 5.36. The maximum atomic E-state index is 12.0. The fraction of sp³-hybridized carbons (Fsp3) is 0.462. The van der Waals surface area contributed by atoms with Gasteiger partial charge in [0.15, 0.2) is 0 Å². The Labute approximate surface area is 102 Å². The van der Waals surface area contributed by atoms with E-state index in [-0.39, 0.29) is 11.9 Å². The van der Waals surface area contributed by atoms with Gasteiger partial charge in [-0.1, -0.05) is 6.07 Å². The quantitative estimate of drug-likeness (QED) is 0.824. The van der Waals surface area contributed by atoms with Crippen molar-refractivity contribution < 1.29 is 4.79 Å². The van der Waals surface area contributed by atoms with Crippen LogP contribution in [0.15, 0.2) is 12.1 Å². The summed E-state index contributed by atoms with van der Waals surface area (Å²) in [4.78, 5) is 14.0. The monoisotopic (exact) mass is 233 g/mol. The van der Waals surface area contributed by atoms with Gasteiger partial charge < -0.3 is 11.1 Å². The van der Waals surface area contributed by atoms with E-state index in [1.807, 2.05) is 24.9 Å². The maximum absolute atomic E-state index is 12.0. The van der Waals surface area contributed by atoms with Crippen LogP contribution in [0, 0.1) is 13.8 Å². The molecule has 17 heavy (non-hydrogen) atoms. The number of fused-ring (bicyclic) bond motifs is 1. The molecule has 1 heterocycles. The second-order valence-electron chi connectivity index (χ2n) is 4.70. The molecule has 1 aliphatic rings. The molecule has 3 N–H and O–H groups in total. The first-order valence-corrected chi connectivity index (χ1v) is 5.87. The lowest BCUT2D eigenvalue weighted by molar-refractivity contribution is -0.120. The van der Waals surface area contributed by atoms with Gasteiger partial charge in [-0.05, 0) is 38.1 Å². The SMILES string of the molecule is Cc1cc(C)c2c(c1)NC(=O)C2N(C)CCN. The van der Waals surface area contributed by atoms with Crippen molar-refractivity contribution in [2.24, 2.45) is 5.73 Å². The van der Waals surface area contributed by atoms with Gasteiger partial charge in [-0.25, -0.2) is 0 Å². The molecule has 1 aromatic carbocycles. The zero-order valence-corrected chi connectivity index (χ0v) is 10.6. The van der Waals surface area contributed by atoms with E-state index in [9.17, 15) is 4.79 Å². The number of hydrogen-bond donors (Lipinski definition) is 2. The Morgan fingerprint density at radius 1 is 1.41 bits per heavy atom. The molecule has 0 spiro atoms. The first-order valence-electron chi connectivity index (χ1n) is 5.87. The summed E-state index contributed by atoms with van der Waals surface area (Å²) in [7, 11) is 1.94. The van der Waals surface area contributed by atoms with Crippen molar-refractivity contribution in [3.63, 3.8) is 0 Å². The summed E-state index contributed by atoms with van der Waals surface area (Å²) >= 11 is 0. The highest BCUT2D eigenvalue weighted by molar-refractivity contribution is 6.03. The van der Waals surface area contributed by atoms with Crippen LogP contribution in [-0.4, -0.2) is 30.9 Å². The lowest BCUT2D eigenvalue weighted by atomic mass is 9.99. The molecule has 0 bridgehead atoms. The minimum Gasteiger partial charge on any atom is -0.329 e. The lowest BCUT2D eigenvalue weighted by Crippen LogP contribution is -2.34. The molecule has 0 saturated carbocycles. The maximum Gasteiger partial charge on any atom is 0.246 e. The molecule has 0 radical (unpaired) electrons. The lowest BCUT2D eigenvalue weighted by Gasteiger charge is -2.23. The molecule has 0 saturated heterocycles. The summed E-state index contributed by atoms with van der Waals surface area (Å²) in [5, 5.41) is 2.95. The van der Waals surface area contributed by atoms with Crippen molar-refractivity contribution in [1.29, 1.82) is 0 Å². The molecular weight excluding hydrogens is 214 g/mol. The fourth-order valence-corrected chi connectivity index (χ4v) is 2.53. The number of nitrogens with one attached hydrogen (secondary N) is 1. The van der Waals surface area contributed by atoms with Gasteiger partial charge in [-0.2, -0.15) is 0 Å². The highest BCUT2D eigenvalue weighted by atomic mass is 16.2. The summed E-state index contributed by atoms with van der Waals surface area (Å²) in [6, 6.07) is 3.94. The van der Waals surface area contributed by atoms with Crippen LogP contribution in [0.5, 0.6) is 0 Å². The zero-order valence-electron chi connectivity index (χ0n) is 10.6. The Bertz CT molecular complexity index is 456. The highest BCUT2D eigenvalue weighted by Gasteiger charge is 2.34. The fourth-order valence-electron chi connectivity index (χ4n) is 2.53. The molecule has 0 aromatic heterocycles. The van der Waals surface area contributed by atoms with Gasteiger partial charge >= 0.3 is 0 Å². The summed E-state index contributed by atoms with van der Waals surface area (Å²) in [5.41, 5.74) is 9.92. The number of hydrogen-bond acceptors (Lipinski definition) is 3. The van der Waals surface area contributed by atoms with Crippen molar-refractivity contribution in [1.82, 2.24) is 4.90 Å². The van der Waals surface area contributed by atoms with E-state index < -0.39 is 0 Å². The van der Waals surface area contributed by atoms with Gasteiger partial charge in [0, 0.05) is 24.3 Å². The topological polar surface area (TPSA) is 58.4 Å². The van der Waals surface area contributed by atoms with Gasteiger partial charge in [0.1, 0.15) is 6.04 Å². The normalized spacial score (nSPS) is 18.4. The molecule has 0 aliphatic carbocycles. The Hall–Kier alpha value is -1.39. The van der Waals surface area contributed by atoms with E-state index >= 15 is 0 Å². The summed E-state index contributed by atoms with van der Waals surface area (Å²) < 4.78 is 0. The zero-order chi connectivity index (χ0) is 12.6. The number of carbonyl (C=O) groups excluding carboxylic acids is 1. The number of likely N-dealkylation sites (N-methyl/N-ethyl adjacent to an activating group) is 1. The number of anilines is 1. The number of nitrogens with zero attached hydrogens (tertiary/aromatic N) is 1. The number of amides is 1. The summed E-state index contributed by atoms with van der Waals surface area (Å²) in [6.07, 6.45) is 0. The summed E-state index contributed by atoms with van der Waals surface area (Å²) in [5.74, 6) is 0.0460. The van der Waals surface area contributed by atoms with E-state index in [2.05, 4.69) is 18.3 Å². The minimum atomic E-state index is -0.200. The third kappa shape index (κ3) is 2.06. The van der Waals surface area contributed by atoms with Crippen LogP contribution in [0.1, 0.15) is 22.7 Å². The molecule has 1 aliphatic heterocycles. The van der Waals surface area contributed by atoms with Crippen molar-refractivity contribution >= 4 is 11.6 Å². The Morgan fingerprint density at radius 3 is 2.76 bits per heavy atom. The predicted molar refractivity (Wildman–Crippen MR) is 69.0 cm³/mol. The Morgan fingerprint density at radius 2 is 2.12 bits per heavy atom. The number of rotatable bonds is 3. The number of carbonyl (C=O) groups is 1. The van der Waals surface area contributed by atoms with Crippen molar-refractivity contribution in [3.05, 3.63) is 28.8 Å². The van der Waals surface area contributed by atoms with E-state index in [1.54, 1.807) is 0 Å². The van der Waals surface area contributed by atoms with Gasteiger partial charge in [-0.15, -0.1) is 0 Å². The van der Waals surface area contributed by atoms with E-state index in [4.69, 9.17) is 5.73 Å².